The molecule has 0 saturated carbocycles. The standard InChI is InChI=1S/C13H12ClF3N2/c14-12-9-11(13(15,16)17)18-19(12)8-4-7-10-5-2-1-3-6-10/h1-3,5-6,9H,4,7-8H2. The van der Waals surface area contributed by atoms with Gasteiger partial charge in [0.2, 0.25) is 0 Å². The number of hydrogen-bond donors (Lipinski definition) is 0. The summed E-state index contributed by atoms with van der Waals surface area (Å²) < 4.78 is 38.5. The Balaban J connectivity index is 1.95. The third-order valence-corrected chi connectivity index (χ3v) is 3.00. The van der Waals surface area contributed by atoms with Crippen molar-refractivity contribution in [2.75, 3.05) is 0 Å². The van der Waals surface area contributed by atoms with E-state index in [0.29, 0.717) is 13.0 Å². The molecule has 1 aromatic carbocycles. The highest BCUT2D eigenvalue weighted by Crippen LogP contribution is 2.29. The van der Waals surface area contributed by atoms with Crippen molar-refractivity contribution in [1.82, 2.24) is 9.78 Å². The van der Waals surface area contributed by atoms with Crippen molar-refractivity contribution >= 4 is 11.6 Å². The van der Waals surface area contributed by atoms with E-state index in [4.69, 9.17) is 11.6 Å². The molecule has 2 rings (SSSR count). The summed E-state index contributed by atoms with van der Waals surface area (Å²) in [4.78, 5) is 0. The summed E-state index contributed by atoms with van der Waals surface area (Å²) in [6, 6.07) is 10.6. The van der Waals surface area contributed by atoms with Gasteiger partial charge >= 0.3 is 6.18 Å². The molecule has 2 aromatic rings. The lowest BCUT2D eigenvalue weighted by Crippen LogP contribution is -2.08. The van der Waals surface area contributed by atoms with E-state index >= 15 is 0 Å². The summed E-state index contributed by atoms with van der Waals surface area (Å²) >= 11 is 5.73. The van der Waals surface area contributed by atoms with Crippen LogP contribution in [0.5, 0.6) is 0 Å². The molecule has 0 spiro atoms. The number of alkyl halides is 3. The highest BCUT2D eigenvalue weighted by Gasteiger charge is 2.34. The average Bonchev–Trinajstić information content (AvgIpc) is 2.72. The van der Waals surface area contributed by atoms with Crippen LogP contribution < -0.4 is 0 Å². The van der Waals surface area contributed by atoms with Crippen LogP contribution >= 0.6 is 11.6 Å². The molecule has 0 aliphatic rings. The molecule has 0 saturated heterocycles. The molecule has 0 aliphatic heterocycles. The lowest BCUT2D eigenvalue weighted by atomic mass is 10.1. The maximum absolute atomic E-state index is 12.4. The predicted octanol–water partition coefficient (Wildman–Crippen LogP) is 4.19. The van der Waals surface area contributed by atoms with Crippen molar-refractivity contribution in [3.63, 3.8) is 0 Å². The zero-order valence-corrected chi connectivity index (χ0v) is 10.7. The summed E-state index contributed by atoms with van der Waals surface area (Å²) in [5.41, 5.74) is 0.194. The van der Waals surface area contributed by atoms with Crippen LogP contribution in [0.3, 0.4) is 0 Å². The largest absolute Gasteiger partial charge is 0.435 e. The maximum Gasteiger partial charge on any atom is 0.435 e. The second kappa shape index (κ2) is 5.65. The molecule has 1 aromatic heterocycles. The molecule has 1 heterocycles. The van der Waals surface area contributed by atoms with E-state index in [1.807, 2.05) is 30.3 Å². The number of halogens is 4. The first-order chi connectivity index (χ1) is 8.97. The molecule has 0 radical (unpaired) electrons. The Morgan fingerprint density at radius 2 is 1.84 bits per heavy atom. The number of hydrogen-bond acceptors (Lipinski definition) is 1. The molecular weight excluding hydrogens is 277 g/mol. The second-order valence-electron chi connectivity index (χ2n) is 4.16. The van der Waals surface area contributed by atoms with Crippen LogP contribution in [0.15, 0.2) is 36.4 Å². The minimum atomic E-state index is -4.45. The van der Waals surface area contributed by atoms with Gasteiger partial charge in [0.15, 0.2) is 5.69 Å². The Hall–Kier alpha value is -1.49. The Morgan fingerprint density at radius 3 is 2.42 bits per heavy atom. The smallest absolute Gasteiger partial charge is 0.253 e. The first kappa shape index (κ1) is 13.9. The number of rotatable bonds is 4. The van der Waals surface area contributed by atoms with Crippen molar-refractivity contribution < 1.29 is 13.2 Å². The summed E-state index contributed by atoms with van der Waals surface area (Å²) in [5, 5.41) is 3.49. The molecule has 0 N–H and O–H groups in total. The van der Waals surface area contributed by atoms with Gasteiger partial charge in [-0.25, -0.2) is 0 Å². The molecule has 2 nitrogen and oxygen atoms in total. The topological polar surface area (TPSA) is 17.8 Å². The predicted molar refractivity (Wildman–Crippen MR) is 67.0 cm³/mol. The molecule has 0 unspecified atom stereocenters. The van der Waals surface area contributed by atoms with Gasteiger partial charge in [-0.3, -0.25) is 4.68 Å². The van der Waals surface area contributed by atoms with E-state index in [0.717, 1.165) is 18.1 Å². The van der Waals surface area contributed by atoms with E-state index in [1.165, 1.54) is 4.68 Å². The van der Waals surface area contributed by atoms with Crippen LogP contribution in [0.25, 0.3) is 0 Å². The molecule has 0 bridgehead atoms. The monoisotopic (exact) mass is 288 g/mol. The van der Waals surface area contributed by atoms with Crippen molar-refractivity contribution in [3.8, 4) is 0 Å². The first-order valence-electron chi connectivity index (χ1n) is 5.81. The van der Waals surface area contributed by atoms with Crippen LogP contribution in [0.1, 0.15) is 17.7 Å². The molecule has 6 heteroatoms. The fraction of sp³-hybridized carbons (Fsp3) is 0.308. The van der Waals surface area contributed by atoms with Gasteiger partial charge in [0, 0.05) is 12.6 Å². The third-order valence-electron chi connectivity index (χ3n) is 2.70. The lowest BCUT2D eigenvalue weighted by Gasteiger charge is -2.04. The second-order valence-corrected chi connectivity index (χ2v) is 4.55. The van der Waals surface area contributed by atoms with Gasteiger partial charge in [0.05, 0.1) is 0 Å². The Labute approximate surface area is 113 Å². The molecule has 0 atom stereocenters. The zero-order chi connectivity index (χ0) is 13.9. The summed E-state index contributed by atoms with van der Waals surface area (Å²) in [5.74, 6) is 0. The summed E-state index contributed by atoms with van der Waals surface area (Å²) in [7, 11) is 0. The normalized spacial score (nSPS) is 11.8. The minimum absolute atomic E-state index is 0.0142. The van der Waals surface area contributed by atoms with Crippen molar-refractivity contribution in [1.29, 1.82) is 0 Å². The minimum Gasteiger partial charge on any atom is -0.253 e. The number of aryl methyl sites for hydroxylation is 2. The van der Waals surface area contributed by atoms with Gasteiger partial charge in [-0.05, 0) is 18.4 Å². The van der Waals surface area contributed by atoms with Gasteiger partial charge in [-0.2, -0.15) is 18.3 Å². The van der Waals surface area contributed by atoms with E-state index < -0.39 is 11.9 Å². The molecule has 0 fully saturated rings. The van der Waals surface area contributed by atoms with Gasteiger partial charge in [0.1, 0.15) is 5.15 Å². The fourth-order valence-corrected chi connectivity index (χ4v) is 1.99. The first-order valence-corrected chi connectivity index (χ1v) is 6.19. The van der Waals surface area contributed by atoms with Crippen LogP contribution in [0.2, 0.25) is 5.15 Å². The SMILES string of the molecule is FC(F)(F)c1cc(Cl)n(CCCc2ccccc2)n1. The van der Waals surface area contributed by atoms with Crippen LogP contribution in [0.4, 0.5) is 13.2 Å². The van der Waals surface area contributed by atoms with Crippen LogP contribution in [-0.2, 0) is 19.1 Å². The quantitative estimate of drug-likeness (QED) is 0.825. The van der Waals surface area contributed by atoms with Gasteiger partial charge in [-0.1, -0.05) is 41.9 Å². The fourth-order valence-electron chi connectivity index (χ4n) is 1.77. The van der Waals surface area contributed by atoms with Crippen LogP contribution in [-0.4, -0.2) is 9.78 Å². The molecule has 0 amide bonds. The summed E-state index contributed by atoms with van der Waals surface area (Å²) in [6.45, 7) is 0.365. The van der Waals surface area contributed by atoms with Crippen molar-refractivity contribution in [2.45, 2.75) is 25.6 Å². The number of nitrogens with zero attached hydrogens (tertiary/aromatic N) is 2. The van der Waals surface area contributed by atoms with E-state index in [2.05, 4.69) is 5.10 Å². The van der Waals surface area contributed by atoms with Crippen molar-refractivity contribution in [2.24, 2.45) is 0 Å². The molecule has 19 heavy (non-hydrogen) atoms. The molecule has 0 aliphatic carbocycles. The Morgan fingerprint density at radius 1 is 1.16 bits per heavy atom. The molecular formula is C13H12ClF3N2. The van der Waals surface area contributed by atoms with E-state index in [-0.39, 0.29) is 5.15 Å². The highest BCUT2D eigenvalue weighted by atomic mass is 35.5. The number of benzene rings is 1. The Bertz CT molecular complexity index is 535. The highest BCUT2D eigenvalue weighted by molar-refractivity contribution is 6.29. The van der Waals surface area contributed by atoms with Gasteiger partial charge < -0.3 is 0 Å². The van der Waals surface area contributed by atoms with E-state index in [1.54, 1.807) is 0 Å². The van der Waals surface area contributed by atoms with Gasteiger partial charge in [-0.15, -0.1) is 0 Å². The summed E-state index contributed by atoms with van der Waals surface area (Å²) in [6.07, 6.45) is -2.99. The maximum atomic E-state index is 12.4. The van der Waals surface area contributed by atoms with Crippen LogP contribution in [0, 0.1) is 0 Å². The number of aromatic nitrogens is 2. The zero-order valence-electron chi connectivity index (χ0n) is 9.99. The molecule has 102 valence electrons. The lowest BCUT2D eigenvalue weighted by molar-refractivity contribution is -0.141. The average molecular weight is 289 g/mol. The Kier molecular flexibility index (Phi) is 4.14. The third kappa shape index (κ3) is 3.73. The van der Waals surface area contributed by atoms with Gasteiger partial charge in [0.25, 0.3) is 0 Å². The van der Waals surface area contributed by atoms with E-state index in [9.17, 15) is 13.2 Å². The van der Waals surface area contributed by atoms with Crippen molar-refractivity contribution in [3.05, 3.63) is 52.8 Å².